The SMILES string of the molecule is CC(C)N1CCC(CNCc2cc(Cl)c3c(c2)OCO3)C1. The fourth-order valence-corrected chi connectivity index (χ4v) is 3.33. The summed E-state index contributed by atoms with van der Waals surface area (Å²) in [6.07, 6.45) is 1.28. The second-order valence-electron chi connectivity index (χ2n) is 6.19. The molecule has 2 heterocycles. The Labute approximate surface area is 131 Å². The first-order valence-corrected chi connectivity index (χ1v) is 8.04. The van der Waals surface area contributed by atoms with E-state index in [2.05, 4.69) is 24.1 Å². The van der Waals surface area contributed by atoms with Crippen LogP contribution in [0.15, 0.2) is 12.1 Å². The third-order valence-corrected chi connectivity index (χ3v) is 4.58. The number of ether oxygens (including phenoxy) is 2. The van der Waals surface area contributed by atoms with E-state index in [-0.39, 0.29) is 6.79 Å². The van der Waals surface area contributed by atoms with Crippen LogP contribution in [0.25, 0.3) is 0 Å². The van der Waals surface area contributed by atoms with Crippen LogP contribution in [0.5, 0.6) is 11.5 Å². The summed E-state index contributed by atoms with van der Waals surface area (Å²) in [5.41, 5.74) is 1.14. The summed E-state index contributed by atoms with van der Waals surface area (Å²) in [4.78, 5) is 2.55. The smallest absolute Gasteiger partial charge is 0.231 e. The molecule has 1 saturated heterocycles. The van der Waals surface area contributed by atoms with E-state index >= 15 is 0 Å². The van der Waals surface area contributed by atoms with Crippen molar-refractivity contribution in [3.63, 3.8) is 0 Å². The van der Waals surface area contributed by atoms with E-state index in [4.69, 9.17) is 21.1 Å². The average molecular weight is 311 g/mol. The number of rotatable bonds is 5. The largest absolute Gasteiger partial charge is 0.454 e. The molecule has 0 amide bonds. The molecule has 1 unspecified atom stereocenters. The molecule has 0 saturated carbocycles. The van der Waals surface area contributed by atoms with Crippen LogP contribution >= 0.6 is 11.6 Å². The van der Waals surface area contributed by atoms with Gasteiger partial charge in [-0.15, -0.1) is 0 Å². The van der Waals surface area contributed by atoms with Gasteiger partial charge in [-0.25, -0.2) is 0 Å². The van der Waals surface area contributed by atoms with Crippen LogP contribution in [0.1, 0.15) is 25.8 Å². The van der Waals surface area contributed by atoms with Gasteiger partial charge in [-0.3, -0.25) is 0 Å². The maximum Gasteiger partial charge on any atom is 0.231 e. The van der Waals surface area contributed by atoms with Crippen molar-refractivity contribution >= 4 is 11.6 Å². The number of halogens is 1. The van der Waals surface area contributed by atoms with Crippen molar-refractivity contribution < 1.29 is 9.47 Å². The number of hydrogen-bond donors (Lipinski definition) is 1. The molecule has 5 heteroatoms. The highest BCUT2D eigenvalue weighted by Gasteiger charge is 2.24. The highest BCUT2D eigenvalue weighted by molar-refractivity contribution is 6.32. The minimum atomic E-state index is 0.263. The number of likely N-dealkylation sites (tertiary alicyclic amines) is 1. The monoisotopic (exact) mass is 310 g/mol. The Morgan fingerprint density at radius 2 is 2.24 bits per heavy atom. The molecule has 0 spiro atoms. The molecule has 1 N–H and O–H groups in total. The van der Waals surface area contributed by atoms with E-state index < -0.39 is 0 Å². The Morgan fingerprint density at radius 3 is 3.00 bits per heavy atom. The third kappa shape index (κ3) is 3.44. The lowest BCUT2D eigenvalue weighted by molar-refractivity contribution is 0.174. The zero-order valence-electron chi connectivity index (χ0n) is 12.7. The van der Waals surface area contributed by atoms with E-state index in [0.29, 0.717) is 16.8 Å². The Bertz CT molecular complexity index is 507. The van der Waals surface area contributed by atoms with E-state index in [1.54, 1.807) is 0 Å². The van der Waals surface area contributed by atoms with Crippen LogP contribution in [0.3, 0.4) is 0 Å². The van der Waals surface area contributed by atoms with Crippen molar-refractivity contribution in [1.29, 1.82) is 0 Å². The number of hydrogen-bond acceptors (Lipinski definition) is 4. The lowest BCUT2D eigenvalue weighted by Gasteiger charge is -2.20. The van der Waals surface area contributed by atoms with E-state index in [0.717, 1.165) is 30.3 Å². The maximum atomic E-state index is 6.20. The van der Waals surface area contributed by atoms with Gasteiger partial charge in [0.1, 0.15) is 0 Å². The Kier molecular flexibility index (Phi) is 4.57. The minimum absolute atomic E-state index is 0.263. The first-order valence-electron chi connectivity index (χ1n) is 7.66. The summed E-state index contributed by atoms with van der Waals surface area (Å²) in [6, 6.07) is 4.62. The molecule has 21 heavy (non-hydrogen) atoms. The number of benzene rings is 1. The molecule has 2 aliphatic heterocycles. The maximum absolute atomic E-state index is 6.20. The molecule has 1 fully saturated rings. The number of nitrogens with one attached hydrogen (secondary N) is 1. The van der Waals surface area contributed by atoms with Gasteiger partial charge in [-0.05, 0) is 57.0 Å². The summed E-state index contributed by atoms with van der Waals surface area (Å²) in [5.74, 6) is 2.17. The van der Waals surface area contributed by atoms with Gasteiger partial charge >= 0.3 is 0 Å². The van der Waals surface area contributed by atoms with Gasteiger partial charge < -0.3 is 19.7 Å². The molecule has 0 aliphatic carbocycles. The van der Waals surface area contributed by atoms with Crippen molar-refractivity contribution in [2.75, 3.05) is 26.4 Å². The van der Waals surface area contributed by atoms with Gasteiger partial charge in [0.15, 0.2) is 11.5 Å². The molecule has 1 aromatic rings. The van der Waals surface area contributed by atoms with Gasteiger partial charge in [0.05, 0.1) is 5.02 Å². The Morgan fingerprint density at radius 1 is 1.38 bits per heavy atom. The molecular formula is C16H23ClN2O2. The second-order valence-corrected chi connectivity index (χ2v) is 6.59. The number of nitrogens with zero attached hydrogens (tertiary/aromatic N) is 1. The lowest BCUT2D eigenvalue weighted by Crippen LogP contribution is -2.30. The molecule has 0 bridgehead atoms. The van der Waals surface area contributed by atoms with Gasteiger partial charge in [-0.2, -0.15) is 0 Å². The summed E-state index contributed by atoms with van der Waals surface area (Å²) in [7, 11) is 0. The van der Waals surface area contributed by atoms with Crippen LogP contribution in [0.2, 0.25) is 5.02 Å². The predicted octanol–water partition coefficient (Wildman–Crippen LogP) is 2.89. The molecule has 0 radical (unpaired) electrons. The van der Waals surface area contributed by atoms with Crippen LogP contribution in [-0.4, -0.2) is 37.4 Å². The lowest BCUT2D eigenvalue weighted by atomic mass is 10.1. The first kappa shape index (κ1) is 14.9. The fraction of sp³-hybridized carbons (Fsp3) is 0.625. The van der Waals surface area contributed by atoms with Crippen molar-refractivity contribution in [1.82, 2.24) is 10.2 Å². The van der Waals surface area contributed by atoms with Crippen molar-refractivity contribution in [3.8, 4) is 11.5 Å². The summed E-state index contributed by atoms with van der Waals surface area (Å²) < 4.78 is 10.7. The topological polar surface area (TPSA) is 33.7 Å². The van der Waals surface area contributed by atoms with Crippen molar-refractivity contribution in [2.45, 2.75) is 32.9 Å². The van der Waals surface area contributed by atoms with Crippen LogP contribution in [-0.2, 0) is 6.54 Å². The Balaban J connectivity index is 1.49. The van der Waals surface area contributed by atoms with Crippen molar-refractivity contribution in [3.05, 3.63) is 22.7 Å². The Hall–Kier alpha value is -0.970. The number of fused-ring (bicyclic) bond motifs is 1. The molecule has 3 rings (SSSR count). The van der Waals surface area contributed by atoms with Crippen LogP contribution in [0, 0.1) is 5.92 Å². The van der Waals surface area contributed by atoms with Gasteiger partial charge in [0, 0.05) is 19.1 Å². The summed E-state index contributed by atoms with van der Waals surface area (Å²) in [5, 5.41) is 4.17. The van der Waals surface area contributed by atoms with E-state index in [1.165, 1.54) is 19.5 Å². The first-order chi connectivity index (χ1) is 10.1. The van der Waals surface area contributed by atoms with Crippen LogP contribution < -0.4 is 14.8 Å². The molecule has 0 aromatic heterocycles. The van der Waals surface area contributed by atoms with Crippen molar-refractivity contribution in [2.24, 2.45) is 5.92 Å². The third-order valence-electron chi connectivity index (χ3n) is 4.30. The van der Waals surface area contributed by atoms with E-state index in [1.807, 2.05) is 12.1 Å². The minimum Gasteiger partial charge on any atom is -0.454 e. The molecular weight excluding hydrogens is 288 g/mol. The normalized spacial score (nSPS) is 21.4. The average Bonchev–Trinajstić information content (AvgIpc) is 3.07. The standard InChI is InChI=1S/C16H23ClN2O2/c1-11(2)19-4-3-12(9-19)7-18-8-13-5-14(17)16-15(6-13)20-10-21-16/h5-6,11-12,18H,3-4,7-10H2,1-2H3. The summed E-state index contributed by atoms with van der Waals surface area (Å²) in [6.45, 7) is 9.09. The zero-order valence-corrected chi connectivity index (χ0v) is 13.4. The molecule has 116 valence electrons. The molecule has 2 aliphatic rings. The summed E-state index contributed by atoms with van der Waals surface area (Å²) >= 11 is 6.20. The fourth-order valence-electron chi connectivity index (χ4n) is 3.04. The predicted molar refractivity (Wildman–Crippen MR) is 84.1 cm³/mol. The van der Waals surface area contributed by atoms with Gasteiger partial charge in [0.25, 0.3) is 0 Å². The quantitative estimate of drug-likeness (QED) is 0.907. The zero-order chi connectivity index (χ0) is 14.8. The second kappa shape index (κ2) is 6.42. The highest BCUT2D eigenvalue weighted by Crippen LogP contribution is 2.39. The molecule has 1 aromatic carbocycles. The van der Waals surface area contributed by atoms with E-state index in [9.17, 15) is 0 Å². The highest BCUT2D eigenvalue weighted by atomic mass is 35.5. The van der Waals surface area contributed by atoms with Gasteiger partial charge in [0.2, 0.25) is 6.79 Å². The van der Waals surface area contributed by atoms with Crippen LogP contribution in [0.4, 0.5) is 0 Å². The molecule has 1 atom stereocenters. The van der Waals surface area contributed by atoms with Gasteiger partial charge in [-0.1, -0.05) is 11.6 Å². The molecule has 4 nitrogen and oxygen atoms in total.